The van der Waals surface area contributed by atoms with E-state index in [1.165, 1.54) is 12.4 Å². The number of carbonyl (C=O) groups is 3. The number of benzene rings is 1. The van der Waals surface area contributed by atoms with Crippen molar-refractivity contribution in [3.8, 4) is 5.75 Å². The summed E-state index contributed by atoms with van der Waals surface area (Å²) in [6.45, 7) is 0.288. The van der Waals surface area contributed by atoms with E-state index in [9.17, 15) is 14.4 Å². The Morgan fingerprint density at radius 2 is 1.89 bits per heavy atom. The lowest BCUT2D eigenvalue weighted by molar-refractivity contribution is -0.122. The normalized spacial score (nSPS) is 15.3. The second kappa shape index (κ2) is 8.50. The molecule has 0 spiro atoms. The molecule has 2 heterocycles. The molecule has 3 rings (SSSR count). The Balaban J connectivity index is 1.59. The van der Waals surface area contributed by atoms with Gasteiger partial charge >= 0.3 is 0 Å². The number of carbonyl (C=O) groups excluding carboxylic acids is 3. The highest BCUT2D eigenvalue weighted by molar-refractivity contribution is 8.18. The average molecular weight is 383 g/mol. The highest BCUT2D eigenvalue weighted by atomic mass is 32.2. The van der Waals surface area contributed by atoms with Crippen LogP contribution in [0.1, 0.15) is 15.9 Å². The van der Waals surface area contributed by atoms with Gasteiger partial charge < -0.3 is 10.1 Å². The highest BCUT2D eigenvalue weighted by Gasteiger charge is 2.34. The Labute approximate surface area is 160 Å². The molecule has 0 radical (unpaired) electrons. The van der Waals surface area contributed by atoms with Crippen LogP contribution in [0.25, 0.3) is 6.08 Å². The van der Waals surface area contributed by atoms with Gasteiger partial charge in [-0.15, -0.1) is 0 Å². The number of amides is 3. The molecule has 1 aromatic carbocycles. The smallest absolute Gasteiger partial charge is 0.293 e. The van der Waals surface area contributed by atoms with Crippen molar-refractivity contribution in [1.29, 1.82) is 0 Å². The Hall–Kier alpha value is -3.13. The number of hydrogen-bond donors (Lipinski definition) is 1. The lowest BCUT2D eigenvalue weighted by Crippen LogP contribution is -2.37. The zero-order valence-electron chi connectivity index (χ0n) is 14.5. The average Bonchev–Trinajstić information content (AvgIpc) is 2.96. The largest absolute Gasteiger partial charge is 0.497 e. The van der Waals surface area contributed by atoms with Crippen molar-refractivity contribution in [3.63, 3.8) is 0 Å². The standard InChI is InChI=1S/C19H17N3O4S/c1-26-15-4-2-13(3-5-15)12-16-18(24)22(19(25)27-16)11-10-21-17(23)14-6-8-20-9-7-14/h2-9,12H,10-11H2,1H3,(H,21,23)/b16-12+. The molecule has 3 amide bonds. The van der Waals surface area contributed by atoms with E-state index in [0.29, 0.717) is 16.2 Å². The minimum absolute atomic E-state index is 0.113. The highest BCUT2D eigenvalue weighted by Crippen LogP contribution is 2.32. The lowest BCUT2D eigenvalue weighted by Gasteiger charge is -2.12. The predicted molar refractivity (Wildman–Crippen MR) is 102 cm³/mol. The summed E-state index contributed by atoms with van der Waals surface area (Å²) in [6, 6.07) is 10.4. The Kier molecular flexibility index (Phi) is 5.87. The first-order chi connectivity index (χ1) is 13.1. The van der Waals surface area contributed by atoms with Gasteiger partial charge in [-0.05, 0) is 47.7 Å². The fourth-order valence-corrected chi connectivity index (χ4v) is 3.30. The maximum absolute atomic E-state index is 12.5. The fraction of sp³-hybridized carbons (Fsp3) is 0.158. The first-order valence-electron chi connectivity index (χ1n) is 8.16. The minimum atomic E-state index is -0.362. The van der Waals surface area contributed by atoms with Crippen LogP contribution < -0.4 is 10.1 Å². The summed E-state index contributed by atoms with van der Waals surface area (Å²) >= 11 is 0.888. The third-order valence-electron chi connectivity index (χ3n) is 3.85. The van der Waals surface area contributed by atoms with Gasteiger partial charge in [-0.1, -0.05) is 12.1 Å². The van der Waals surface area contributed by atoms with Gasteiger partial charge in [-0.25, -0.2) is 0 Å². The van der Waals surface area contributed by atoms with E-state index in [-0.39, 0.29) is 30.1 Å². The van der Waals surface area contributed by atoms with Crippen LogP contribution in [0, 0.1) is 0 Å². The molecule has 1 aromatic heterocycles. The molecule has 1 aliphatic heterocycles. The van der Waals surface area contributed by atoms with E-state index < -0.39 is 0 Å². The number of pyridine rings is 1. The number of methoxy groups -OCH3 is 1. The number of aromatic nitrogens is 1. The van der Waals surface area contributed by atoms with Gasteiger partial charge in [0.15, 0.2) is 0 Å². The zero-order valence-corrected chi connectivity index (χ0v) is 15.4. The van der Waals surface area contributed by atoms with Crippen LogP contribution in [0.15, 0.2) is 53.7 Å². The van der Waals surface area contributed by atoms with Crippen LogP contribution in [0.4, 0.5) is 4.79 Å². The first-order valence-corrected chi connectivity index (χ1v) is 8.98. The molecule has 0 bridgehead atoms. The Morgan fingerprint density at radius 3 is 2.56 bits per heavy atom. The SMILES string of the molecule is COc1ccc(/C=C2/SC(=O)N(CCNC(=O)c3ccncc3)C2=O)cc1. The van der Waals surface area contributed by atoms with Crippen molar-refractivity contribution < 1.29 is 19.1 Å². The number of hydrogen-bond acceptors (Lipinski definition) is 6. The molecule has 1 saturated heterocycles. The predicted octanol–water partition coefficient (Wildman–Crippen LogP) is 2.56. The van der Waals surface area contributed by atoms with Crippen molar-refractivity contribution in [2.75, 3.05) is 20.2 Å². The summed E-state index contributed by atoms with van der Waals surface area (Å²) in [5.41, 5.74) is 1.27. The van der Waals surface area contributed by atoms with Crippen LogP contribution in [0.5, 0.6) is 5.75 Å². The fourth-order valence-electron chi connectivity index (χ4n) is 2.43. The molecule has 7 nitrogen and oxygen atoms in total. The molecule has 0 unspecified atom stereocenters. The van der Waals surface area contributed by atoms with Gasteiger partial charge in [0.2, 0.25) is 0 Å². The Bertz CT molecular complexity index is 882. The third kappa shape index (κ3) is 4.53. The van der Waals surface area contributed by atoms with Gasteiger partial charge in [0.1, 0.15) is 5.75 Å². The number of rotatable bonds is 6. The quantitative estimate of drug-likeness (QED) is 0.772. The topological polar surface area (TPSA) is 88.6 Å². The molecule has 0 atom stereocenters. The molecule has 1 N–H and O–H groups in total. The zero-order chi connectivity index (χ0) is 19.2. The van der Waals surface area contributed by atoms with Gasteiger partial charge in [-0.3, -0.25) is 24.3 Å². The van der Waals surface area contributed by atoms with Gasteiger partial charge in [0, 0.05) is 31.0 Å². The third-order valence-corrected chi connectivity index (χ3v) is 4.76. The molecular weight excluding hydrogens is 366 g/mol. The van der Waals surface area contributed by atoms with E-state index in [4.69, 9.17) is 4.74 Å². The van der Waals surface area contributed by atoms with Crippen molar-refractivity contribution in [2.45, 2.75) is 0 Å². The summed E-state index contributed by atoms with van der Waals surface area (Å²) < 4.78 is 5.10. The molecule has 1 fully saturated rings. The van der Waals surface area contributed by atoms with Gasteiger partial charge in [0.25, 0.3) is 17.1 Å². The lowest BCUT2D eigenvalue weighted by atomic mass is 10.2. The number of ether oxygens (including phenoxy) is 1. The van der Waals surface area contributed by atoms with Gasteiger partial charge in [-0.2, -0.15) is 0 Å². The maximum Gasteiger partial charge on any atom is 0.293 e. The molecule has 0 saturated carbocycles. The van der Waals surface area contributed by atoms with Crippen LogP contribution in [-0.2, 0) is 4.79 Å². The van der Waals surface area contributed by atoms with Crippen molar-refractivity contribution >= 4 is 34.9 Å². The first kappa shape index (κ1) is 18.7. The second-order valence-electron chi connectivity index (χ2n) is 5.60. The maximum atomic E-state index is 12.5. The molecule has 2 aromatic rings. The van der Waals surface area contributed by atoms with Crippen LogP contribution in [-0.4, -0.2) is 47.1 Å². The molecule has 138 valence electrons. The summed E-state index contributed by atoms with van der Waals surface area (Å²) in [5, 5.41) is 2.34. The number of thioether (sulfide) groups is 1. The van der Waals surface area contributed by atoms with Crippen LogP contribution in [0.3, 0.4) is 0 Å². The monoisotopic (exact) mass is 383 g/mol. The molecule has 1 aliphatic rings. The summed E-state index contributed by atoms with van der Waals surface area (Å²) in [7, 11) is 1.58. The van der Waals surface area contributed by atoms with Gasteiger partial charge in [0.05, 0.1) is 12.0 Å². The molecule has 8 heteroatoms. The van der Waals surface area contributed by atoms with E-state index in [1.54, 1.807) is 37.5 Å². The van der Waals surface area contributed by atoms with E-state index in [0.717, 1.165) is 22.2 Å². The number of imide groups is 1. The summed E-state index contributed by atoms with van der Waals surface area (Å²) in [4.78, 5) is 41.9. The number of nitrogens with one attached hydrogen (secondary N) is 1. The van der Waals surface area contributed by atoms with Crippen LogP contribution in [0.2, 0.25) is 0 Å². The Morgan fingerprint density at radius 1 is 1.19 bits per heavy atom. The second-order valence-corrected chi connectivity index (χ2v) is 6.59. The molecule has 27 heavy (non-hydrogen) atoms. The minimum Gasteiger partial charge on any atom is -0.497 e. The van der Waals surface area contributed by atoms with Crippen LogP contribution >= 0.6 is 11.8 Å². The molecule has 0 aliphatic carbocycles. The van der Waals surface area contributed by atoms with E-state index >= 15 is 0 Å². The van der Waals surface area contributed by atoms with E-state index in [2.05, 4.69) is 10.3 Å². The van der Waals surface area contributed by atoms with Crippen molar-refractivity contribution in [1.82, 2.24) is 15.2 Å². The summed E-state index contributed by atoms with van der Waals surface area (Å²) in [5.74, 6) is 0.0716. The molecular formula is C19H17N3O4S. The number of nitrogens with zero attached hydrogens (tertiary/aromatic N) is 2. The summed E-state index contributed by atoms with van der Waals surface area (Å²) in [6.07, 6.45) is 4.71. The van der Waals surface area contributed by atoms with Crippen molar-refractivity contribution in [3.05, 3.63) is 64.8 Å². The van der Waals surface area contributed by atoms with Crippen molar-refractivity contribution in [2.24, 2.45) is 0 Å². The van der Waals surface area contributed by atoms with E-state index in [1.807, 2.05) is 12.1 Å².